The van der Waals surface area contributed by atoms with E-state index in [0.29, 0.717) is 13.0 Å². The lowest BCUT2D eigenvalue weighted by atomic mass is 10.3. The third kappa shape index (κ3) is 2.93. The van der Waals surface area contributed by atoms with Gasteiger partial charge in [-0.25, -0.2) is 8.42 Å². The van der Waals surface area contributed by atoms with Crippen LogP contribution < -0.4 is 5.32 Å². The molecule has 0 aliphatic carbocycles. The molecule has 1 heterocycles. The van der Waals surface area contributed by atoms with Crippen LogP contribution in [0.3, 0.4) is 0 Å². The molecule has 0 aromatic rings. The fourth-order valence-electron chi connectivity index (χ4n) is 1.70. The van der Waals surface area contributed by atoms with E-state index in [-0.39, 0.29) is 17.8 Å². The summed E-state index contributed by atoms with van der Waals surface area (Å²) in [6, 6.07) is 0.301. The molecule has 1 rings (SSSR count). The Labute approximate surface area is 86.7 Å². The van der Waals surface area contributed by atoms with Crippen molar-refractivity contribution in [3.05, 3.63) is 0 Å². The van der Waals surface area contributed by atoms with Gasteiger partial charge in [-0.3, -0.25) is 0 Å². The summed E-state index contributed by atoms with van der Waals surface area (Å²) in [4.78, 5) is 0. The molecule has 4 nitrogen and oxygen atoms in total. The van der Waals surface area contributed by atoms with Gasteiger partial charge in [-0.2, -0.15) is 4.31 Å². The molecule has 1 aliphatic heterocycles. The van der Waals surface area contributed by atoms with Crippen LogP contribution in [0.25, 0.3) is 0 Å². The SMILES string of the molecule is CC1CN(C(C)C)S(=O)(=O)CCCN1. The minimum absolute atomic E-state index is 0.0577. The van der Waals surface area contributed by atoms with Gasteiger partial charge in [-0.05, 0) is 33.7 Å². The van der Waals surface area contributed by atoms with Crippen molar-refractivity contribution in [2.45, 2.75) is 39.3 Å². The molecular formula is C9H20N2O2S. The van der Waals surface area contributed by atoms with Crippen LogP contribution in [0.5, 0.6) is 0 Å². The first-order chi connectivity index (χ1) is 6.43. The Morgan fingerprint density at radius 3 is 2.64 bits per heavy atom. The van der Waals surface area contributed by atoms with Crippen LogP contribution in [0.1, 0.15) is 27.2 Å². The molecular weight excluding hydrogens is 200 g/mol. The summed E-state index contributed by atoms with van der Waals surface area (Å²) in [5.41, 5.74) is 0. The molecule has 14 heavy (non-hydrogen) atoms. The highest BCUT2D eigenvalue weighted by atomic mass is 32.2. The number of sulfonamides is 1. The van der Waals surface area contributed by atoms with Crippen LogP contribution in [0, 0.1) is 0 Å². The fourth-order valence-corrected chi connectivity index (χ4v) is 3.54. The second-order valence-electron chi connectivity index (χ2n) is 4.19. The molecule has 0 radical (unpaired) electrons. The number of nitrogens with one attached hydrogen (secondary N) is 1. The first-order valence-electron chi connectivity index (χ1n) is 5.16. The predicted molar refractivity (Wildman–Crippen MR) is 57.7 cm³/mol. The molecule has 1 atom stereocenters. The van der Waals surface area contributed by atoms with E-state index >= 15 is 0 Å². The Kier molecular flexibility index (Phi) is 3.92. The van der Waals surface area contributed by atoms with Gasteiger partial charge >= 0.3 is 0 Å². The Morgan fingerprint density at radius 1 is 1.43 bits per heavy atom. The molecule has 1 saturated heterocycles. The highest BCUT2D eigenvalue weighted by Crippen LogP contribution is 2.11. The molecule has 0 saturated carbocycles. The lowest BCUT2D eigenvalue weighted by molar-refractivity contribution is 0.311. The van der Waals surface area contributed by atoms with E-state index in [1.165, 1.54) is 0 Å². The van der Waals surface area contributed by atoms with E-state index in [9.17, 15) is 8.42 Å². The zero-order chi connectivity index (χ0) is 10.8. The third-order valence-corrected chi connectivity index (χ3v) is 4.55. The summed E-state index contributed by atoms with van der Waals surface area (Å²) in [6.07, 6.45) is 0.704. The molecule has 1 unspecified atom stereocenters. The summed E-state index contributed by atoms with van der Waals surface area (Å²) in [5.74, 6) is 0.269. The molecule has 1 N–H and O–H groups in total. The molecule has 5 heteroatoms. The minimum atomic E-state index is -3.02. The normalized spacial score (nSPS) is 29.9. The van der Waals surface area contributed by atoms with Crippen molar-refractivity contribution >= 4 is 10.0 Å². The van der Waals surface area contributed by atoms with Crippen LogP contribution in [0.15, 0.2) is 0 Å². The average molecular weight is 220 g/mol. The Hall–Kier alpha value is -0.130. The zero-order valence-corrected chi connectivity index (χ0v) is 9.97. The summed E-state index contributed by atoms with van der Waals surface area (Å²) < 4.78 is 25.3. The fraction of sp³-hybridized carbons (Fsp3) is 1.00. The summed E-state index contributed by atoms with van der Waals surface area (Å²) >= 11 is 0. The van der Waals surface area contributed by atoms with Gasteiger partial charge in [0.05, 0.1) is 5.75 Å². The van der Waals surface area contributed by atoms with E-state index in [2.05, 4.69) is 5.32 Å². The molecule has 0 amide bonds. The van der Waals surface area contributed by atoms with Crippen LogP contribution in [-0.4, -0.2) is 43.6 Å². The molecule has 1 aliphatic rings. The summed E-state index contributed by atoms with van der Waals surface area (Å²) in [5, 5.41) is 3.30. The topological polar surface area (TPSA) is 49.4 Å². The van der Waals surface area contributed by atoms with Crippen molar-refractivity contribution in [2.75, 3.05) is 18.8 Å². The number of rotatable bonds is 1. The highest BCUT2D eigenvalue weighted by Gasteiger charge is 2.27. The van der Waals surface area contributed by atoms with E-state index in [4.69, 9.17) is 0 Å². The highest BCUT2D eigenvalue weighted by molar-refractivity contribution is 7.89. The maximum atomic E-state index is 11.8. The van der Waals surface area contributed by atoms with Crippen molar-refractivity contribution < 1.29 is 8.42 Å². The second kappa shape index (κ2) is 4.59. The predicted octanol–water partition coefficient (Wildman–Crippen LogP) is 0.408. The summed E-state index contributed by atoms with van der Waals surface area (Å²) in [7, 11) is -3.02. The van der Waals surface area contributed by atoms with Gasteiger partial charge in [-0.1, -0.05) is 0 Å². The van der Waals surface area contributed by atoms with Gasteiger partial charge in [0.2, 0.25) is 10.0 Å². The minimum Gasteiger partial charge on any atom is -0.313 e. The molecule has 0 aromatic carbocycles. The average Bonchev–Trinajstić information content (AvgIpc) is 2.05. The second-order valence-corrected chi connectivity index (χ2v) is 6.23. The lowest BCUT2D eigenvalue weighted by Gasteiger charge is -2.31. The smallest absolute Gasteiger partial charge is 0.214 e. The van der Waals surface area contributed by atoms with E-state index < -0.39 is 10.0 Å². The van der Waals surface area contributed by atoms with Gasteiger partial charge in [0.15, 0.2) is 0 Å². The summed E-state index contributed by atoms with van der Waals surface area (Å²) in [6.45, 7) is 7.25. The Bertz CT molecular complexity index is 275. The van der Waals surface area contributed by atoms with E-state index in [0.717, 1.165) is 6.54 Å². The van der Waals surface area contributed by atoms with E-state index in [1.54, 1.807) is 4.31 Å². The lowest BCUT2D eigenvalue weighted by Crippen LogP contribution is -2.48. The van der Waals surface area contributed by atoms with Crippen LogP contribution in [0.2, 0.25) is 0 Å². The molecule has 0 aromatic heterocycles. The van der Waals surface area contributed by atoms with Crippen molar-refractivity contribution in [3.8, 4) is 0 Å². The maximum Gasteiger partial charge on any atom is 0.214 e. The number of nitrogens with zero attached hydrogens (tertiary/aromatic N) is 1. The first-order valence-corrected chi connectivity index (χ1v) is 6.77. The first kappa shape index (κ1) is 11.9. The zero-order valence-electron chi connectivity index (χ0n) is 9.16. The quantitative estimate of drug-likeness (QED) is 0.696. The molecule has 1 fully saturated rings. The van der Waals surface area contributed by atoms with Crippen molar-refractivity contribution in [2.24, 2.45) is 0 Å². The van der Waals surface area contributed by atoms with Crippen LogP contribution in [-0.2, 0) is 10.0 Å². The number of hydrogen-bond donors (Lipinski definition) is 1. The van der Waals surface area contributed by atoms with Crippen molar-refractivity contribution in [3.63, 3.8) is 0 Å². The number of hydrogen-bond acceptors (Lipinski definition) is 3. The van der Waals surface area contributed by atoms with Gasteiger partial charge in [-0.15, -0.1) is 0 Å². The van der Waals surface area contributed by atoms with Gasteiger partial charge in [0, 0.05) is 18.6 Å². The molecule has 84 valence electrons. The Morgan fingerprint density at radius 2 is 2.07 bits per heavy atom. The van der Waals surface area contributed by atoms with Gasteiger partial charge in [0.25, 0.3) is 0 Å². The van der Waals surface area contributed by atoms with E-state index in [1.807, 2.05) is 20.8 Å². The monoisotopic (exact) mass is 220 g/mol. The van der Waals surface area contributed by atoms with Crippen LogP contribution >= 0.6 is 0 Å². The molecule has 0 bridgehead atoms. The van der Waals surface area contributed by atoms with Gasteiger partial charge < -0.3 is 5.32 Å². The third-order valence-electron chi connectivity index (χ3n) is 2.46. The largest absolute Gasteiger partial charge is 0.313 e. The van der Waals surface area contributed by atoms with Gasteiger partial charge in [0.1, 0.15) is 0 Å². The van der Waals surface area contributed by atoms with Crippen LogP contribution in [0.4, 0.5) is 0 Å². The van der Waals surface area contributed by atoms with Crippen molar-refractivity contribution in [1.29, 1.82) is 0 Å². The Balaban J connectivity index is 2.82. The van der Waals surface area contributed by atoms with Crippen molar-refractivity contribution in [1.82, 2.24) is 9.62 Å². The maximum absolute atomic E-state index is 11.8. The molecule has 0 spiro atoms. The standard InChI is InChI=1S/C9H20N2O2S/c1-8(2)11-7-9(3)10-5-4-6-14(11,12)13/h8-10H,4-7H2,1-3H3.